The molecule has 6 heteroatoms. The van der Waals surface area contributed by atoms with Gasteiger partial charge >= 0.3 is 0 Å². The second-order valence-corrected chi connectivity index (χ2v) is 6.27. The molecule has 3 aromatic rings. The third kappa shape index (κ3) is 2.54. The van der Waals surface area contributed by atoms with Crippen LogP contribution in [0.2, 0.25) is 0 Å². The number of thioether (sulfide) groups is 1. The van der Waals surface area contributed by atoms with E-state index in [1.165, 1.54) is 11.8 Å². The molecule has 0 aliphatic heterocycles. The van der Waals surface area contributed by atoms with Gasteiger partial charge in [0.25, 0.3) is 0 Å². The van der Waals surface area contributed by atoms with Gasteiger partial charge in [-0.05, 0) is 28.1 Å². The monoisotopic (exact) mass is 371 g/mol. The Kier molecular flexibility index (Phi) is 4.27. The summed E-state index contributed by atoms with van der Waals surface area (Å²) in [4.78, 5) is 15.0. The van der Waals surface area contributed by atoms with Crippen molar-refractivity contribution in [2.45, 2.75) is 5.16 Å². The van der Waals surface area contributed by atoms with Crippen LogP contribution < -0.4 is 0 Å². The standard InChI is InChI=1S/C16H10BrN3OS/c17-15-10-19-16(22-8-7-21)20(15)14-6-5-11(9-18)12-3-1-2-4-13(12)14/h1-7,10H,8H2. The number of hydrogen-bond donors (Lipinski definition) is 0. The molecule has 1 aromatic heterocycles. The van der Waals surface area contributed by atoms with Gasteiger partial charge in [0.05, 0.1) is 29.3 Å². The summed E-state index contributed by atoms with van der Waals surface area (Å²) in [7, 11) is 0. The minimum atomic E-state index is 0.345. The molecule has 0 atom stereocenters. The van der Waals surface area contributed by atoms with Gasteiger partial charge in [0.2, 0.25) is 0 Å². The Morgan fingerprint density at radius 3 is 2.77 bits per heavy atom. The van der Waals surface area contributed by atoms with Crippen LogP contribution in [0, 0.1) is 11.3 Å². The molecular weight excluding hydrogens is 362 g/mol. The number of imidazole rings is 1. The molecule has 0 spiro atoms. The second-order valence-electron chi connectivity index (χ2n) is 4.47. The molecule has 0 amide bonds. The van der Waals surface area contributed by atoms with E-state index >= 15 is 0 Å². The second kappa shape index (κ2) is 6.34. The minimum absolute atomic E-state index is 0.345. The molecule has 0 N–H and O–H groups in total. The summed E-state index contributed by atoms with van der Waals surface area (Å²) in [6.45, 7) is 0. The quantitative estimate of drug-likeness (QED) is 0.514. The summed E-state index contributed by atoms with van der Waals surface area (Å²) < 4.78 is 2.74. The topological polar surface area (TPSA) is 58.7 Å². The zero-order valence-corrected chi connectivity index (χ0v) is 13.8. The summed E-state index contributed by atoms with van der Waals surface area (Å²) in [5.74, 6) is 0.345. The lowest BCUT2D eigenvalue weighted by molar-refractivity contribution is -0.105. The van der Waals surface area contributed by atoms with Gasteiger partial charge < -0.3 is 4.79 Å². The highest BCUT2D eigenvalue weighted by Crippen LogP contribution is 2.31. The van der Waals surface area contributed by atoms with E-state index in [1.807, 2.05) is 34.9 Å². The summed E-state index contributed by atoms with van der Waals surface area (Å²) >= 11 is 4.87. The molecule has 1 heterocycles. The average Bonchev–Trinajstić information content (AvgIpc) is 2.92. The van der Waals surface area contributed by atoms with Crippen molar-refractivity contribution in [2.75, 3.05) is 5.75 Å². The van der Waals surface area contributed by atoms with Crippen LogP contribution in [0.4, 0.5) is 0 Å². The van der Waals surface area contributed by atoms with E-state index < -0.39 is 0 Å². The van der Waals surface area contributed by atoms with Crippen molar-refractivity contribution in [1.29, 1.82) is 5.26 Å². The van der Waals surface area contributed by atoms with Crippen LogP contribution >= 0.6 is 27.7 Å². The van der Waals surface area contributed by atoms with Crippen molar-refractivity contribution in [3.8, 4) is 11.8 Å². The van der Waals surface area contributed by atoms with Gasteiger partial charge in [-0.2, -0.15) is 5.26 Å². The molecular formula is C16H10BrN3OS. The molecule has 108 valence electrons. The molecule has 0 saturated carbocycles. The van der Waals surface area contributed by atoms with Gasteiger partial charge in [-0.25, -0.2) is 4.98 Å². The smallest absolute Gasteiger partial charge is 0.173 e. The maximum atomic E-state index is 10.6. The van der Waals surface area contributed by atoms with Crippen LogP contribution in [-0.4, -0.2) is 21.6 Å². The molecule has 0 fully saturated rings. The number of aldehydes is 1. The molecule has 22 heavy (non-hydrogen) atoms. The number of nitriles is 1. The van der Waals surface area contributed by atoms with Gasteiger partial charge in [-0.15, -0.1) is 0 Å². The van der Waals surface area contributed by atoms with E-state index in [4.69, 9.17) is 0 Å². The third-order valence-electron chi connectivity index (χ3n) is 3.23. The van der Waals surface area contributed by atoms with Crippen molar-refractivity contribution >= 4 is 44.8 Å². The molecule has 0 unspecified atom stereocenters. The number of nitrogens with zero attached hydrogens (tertiary/aromatic N) is 3. The molecule has 0 aliphatic rings. The Labute approximate surface area is 139 Å². The number of rotatable bonds is 4. The van der Waals surface area contributed by atoms with Gasteiger partial charge in [0.1, 0.15) is 10.9 Å². The SMILES string of the molecule is N#Cc1ccc(-n2c(Br)cnc2SCC=O)c2ccccc12. The summed E-state index contributed by atoms with van der Waals surface area (Å²) in [5.41, 5.74) is 1.56. The largest absolute Gasteiger partial charge is 0.302 e. The van der Waals surface area contributed by atoms with E-state index in [9.17, 15) is 10.1 Å². The average molecular weight is 372 g/mol. The van der Waals surface area contributed by atoms with Crippen molar-refractivity contribution in [3.63, 3.8) is 0 Å². The van der Waals surface area contributed by atoms with Crippen LogP contribution in [0.25, 0.3) is 16.5 Å². The molecule has 2 aromatic carbocycles. The molecule has 0 bridgehead atoms. The zero-order valence-electron chi connectivity index (χ0n) is 11.4. The first-order chi connectivity index (χ1) is 10.8. The van der Waals surface area contributed by atoms with Crippen molar-refractivity contribution in [1.82, 2.24) is 9.55 Å². The molecule has 0 aliphatic carbocycles. The van der Waals surface area contributed by atoms with Crippen molar-refractivity contribution in [3.05, 3.63) is 52.8 Å². The molecule has 3 rings (SSSR count). The maximum absolute atomic E-state index is 10.6. The summed E-state index contributed by atoms with van der Waals surface area (Å²) in [6.07, 6.45) is 2.56. The first-order valence-corrected chi connectivity index (χ1v) is 8.26. The maximum Gasteiger partial charge on any atom is 0.173 e. The van der Waals surface area contributed by atoms with Gasteiger partial charge in [-0.1, -0.05) is 36.0 Å². The van der Waals surface area contributed by atoms with Gasteiger partial charge in [-0.3, -0.25) is 4.57 Å². The summed E-state index contributed by atoms with van der Waals surface area (Å²) in [5, 5.41) is 11.9. The highest BCUT2D eigenvalue weighted by Gasteiger charge is 2.14. The van der Waals surface area contributed by atoms with E-state index in [0.29, 0.717) is 11.3 Å². The third-order valence-corrected chi connectivity index (χ3v) is 4.64. The summed E-state index contributed by atoms with van der Waals surface area (Å²) in [6, 6.07) is 13.7. The van der Waals surface area contributed by atoms with E-state index in [-0.39, 0.29) is 0 Å². The van der Waals surface area contributed by atoms with Gasteiger partial charge in [0.15, 0.2) is 5.16 Å². The molecule has 0 radical (unpaired) electrons. The number of carbonyl (C=O) groups excluding carboxylic acids is 1. The molecule has 0 saturated heterocycles. The molecule has 4 nitrogen and oxygen atoms in total. The number of halogens is 1. The predicted molar refractivity (Wildman–Crippen MR) is 90.3 cm³/mol. The van der Waals surface area contributed by atoms with Crippen LogP contribution in [-0.2, 0) is 4.79 Å². The van der Waals surface area contributed by atoms with E-state index in [1.54, 1.807) is 12.3 Å². The Hall–Kier alpha value is -2.10. The Bertz CT molecular complexity index is 898. The highest BCUT2D eigenvalue weighted by molar-refractivity contribution is 9.10. The van der Waals surface area contributed by atoms with Crippen molar-refractivity contribution < 1.29 is 4.79 Å². The lowest BCUT2D eigenvalue weighted by Gasteiger charge is -2.12. The number of aromatic nitrogens is 2. The lowest BCUT2D eigenvalue weighted by atomic mass is 10.0. The zero-order chi connectivity index (χ0) is 15.5. The van der Waals surface area contributed by atoms with Crippen LogP contribution in [0.15, 0.2) is 52.4 Å². The van der Waals surface area contributed by atoms with Crippen LogP contribution in [0.3, 0.4) is 0 Å². The minimum Gasteiger partial charge on any atom is -0.302 e. The predicted octanol–water partition coefficient (Wildman–Crippen LogP) is 3.95. The number of carbonyl (C=O) groups is 1. The fraction of sp³-hybridized carbons (Fsp3) is 0.0625. The number of fused-ring (bicyclic) bond motifs is 1. The number of hydrogen-bond acceptors (Lipinski definition) is 4. The first-order valence-electron chi connectivity index (χ1n) is 6.48. The number of benzene rings is 2. The fourth-order valence-corrected chi connectivity index (χ4v) is 3.57. The Morgan fingerprint density at radius 2 is 2.05 bits per heavy atom. The Morgan fingerprint density at radius 1 is 1.27 bits per heavy atom. The van der Waals surface area contributed by atoms with E-state index in [2.05, 4.69) is 27.0 Å². The normalized spacial score (nSPS) is 10.5. The van der Waals surface area contributed by atoms with Gasteiger partial charge in [0, 0.05) is 10.8 Å². The lowest BCUT2D eigenvalue weighted by Crippen LogP contribution is -1.99. The first kappa shape index (κ1) is 14.8. The fourth-order valence-electron chi connectivity index (χ4n) is 2.32. The Balaban J connectivity index is 2.26. The van der Waals surface area contributed by atoms with Crippen LogP contribution in [0.1, 0.15) is 5.56 Å². The highest BCUT2D eigenvalue weighted by atomic mass is 79.9. The van der Waals surface area contributed by atoms with Crippen LogP contribution in [0.5, 0.6) is 0 Å². The van der Waals surface area contributed by atoms with Crippen molar-refractivity contribution in [2.24, 2.45) is 0 Å². The van der Waals surface area contributed by atoms with E-state index in [0.717, 1.165) is 32.5 Å².